The maximum absolute atomic E-state index is 13.6. The van der Waals surface area contributed by atoms with Crippen molar-refractivity contribution in [3.05, 3.63) is 90.6 Å². The van der Waals surface area contributed by atoms with Crippen molar-refractivity contribution >= 4 is 35.3 Å². The van der Waals surface area contributed by atoms with Gasteiger partial charge in [-0.15, -0.1) is 0 Å². The molecule has 1 aliphatic rings. The largest absolute Gasteiger partial charge is 0.466 e. The van der Waals surface area contributed by atoms with Gasteiger partial charge in [-0.25, -0.2) is 9.79 Å². The summed E-state index contributed by atoms with van der Waals surface area (Å²) in [6.45, 7) is 4.31. The van der Waals surface area contributed by atoms with Crippen molar-refractivity contribution < 1.29 is 28.6 Å². The van der Waals surface area contributed by atoms with Gasteiger partial charge in [0.15, 0.2) is 4.80 Å². The molecule has 0 amide bonds. The summed E-state index contributed by atoms with van der Waals surface area (Å²) in [5.41, 5.74) is 1.70. The SMILES string of the molecule is COC(=O)C1=C(C)N=c2sc(=Cc3ccc(OC(C)=O)cc3)c(=O)n2C1c1ccc(OC(C)=O)cc1. The Morgan fingerprint density at radius 2 is 1.50 bits per heavy atom. The fourth-order valence-corrected chi connectivity index (χ4v) is 4.89. The van der Waals surface area contributed by atoms with Crippen LogP contribution >= 0.6 is 11.3 Å². The number of esters is 3. The summed E-state index contributed by atoms with van der Waals surface area (Å²) < 4.78 is 17.0. The van der Waals surface area contributed by atoms with E-state index in [1.54, 1.807) is 61.5 Å². The van der Waals surface area contributed by atoms with Crippen LogP contribution < -0.4 is 24.4 Å². The van der Waals surface area contributed by atoms with Crippen LogP contribution in [0, 0.1) is 0 Å². The summed E-state index contributed by atoms with van der Waals surface area (Å²) in [7, 11) is 1.27. The zero-order valence-electron chi connectivity index (χ0n) is 19.9. The second kappa shape index (κ2) is 10.1. The van der Waals surface area contributed by atoms with Crippen molar-refractivity contribution in [2.24, 2.45) is 4.99 Å². The molecule has 36 heavy (non-hydrogen) atoms. The van der Waals surface area contributed by atoms with Crippen LogP contribution in [-0.4, -0.2) is 29.6 Å². The molecule has 0 bridgehead atoms. The highest BCUT2D eigenvalue weighted by molar-refractivity contribution is 7.07. The third kappa shape index (κ3) is 5.03. The maximum atomic E-state index is 13.6. The van der Waals surface area contributed by atoms with Crippen LogP contribution in [0.2, 0.25) is 0 Å². The zero-order chi connectivity index (χ0) is 26.0. The van der Waals surface area contributed by atoms with Gasteiger partial charge in [-0.2, -0.15) is 0 Å². The van der Waals surface area contributed by atoms with Crippen LogP contribution in [0.4, 0.5) is 0 Å². The first-order chi connectivity index (χ1) is 17.2. The Labute approximate surface area is 209 Å². The number of thiazole rings is 1. The summed E-state index contributed by atoms with van der Waals surface area (Å²) in [6, 6.07) is 12.5. The smallest absolute Gasteiger partial charge is 0.338 e. The van der Waals surface area contributed by atoms with E-state index in [4.69, 9.17) is 14.2 Å². The Hall–Kier alpha value is -4.31. The minimum atomic E-state index is -0.784. The van der Waals surface area contributed by atoms with Crippen LogP contribution in [0.5, 0.6) is 11.5 Å². The van der Waals surface area contributed by atoms with E-state index in [1.165, 1.54) is 36.9 Å². The number of ether oxygens (including phenoxy) is 3. The maximum Gasteiger partial charge on any atom is 0.338 e. The van der Waals surface area contributed by atoms with E-state index >= 15 is 0 Å². The second-order valence-corrected chi connectivity index (χ2v) is 8.91. The molecule has 9 nitrogen and oxygen atoms in total. The molecular weight excluding hydrogens is 484 g/mol. The van der Waals surface area contributed by atoms with E-state index in [0.717, 1.165) is 5.56 Å². The van der Waals surface area contributed by atoms with Gasteiger partial charge in [0.25, 0.3) is 5.56 Å². The molecule has 4 rings (SSSR count). The molecule has 3 aromatic rings. The van der Waals surface area contributed by atoms with Crippen molar-refractivity contribution in [2.45, 2.75) is 26.8 Å². The molecule has 1 aromatic heterocycles. The number of hydrogen-bond acceptors (Lipinski definition) is 9. The molecule has 0 radical (unpaired) electrons. The lowest BCUT2D eigenvalue weighted by Gasteiger charge is -2.24. The highest BCUT2D eigenvalue weighted by Crippen LogP contribution is 2.31. The standard InChI is InChI=1S/C26H22N2O7S/c1-14-22(25(32)33-4)23(18-7-11-20(12-8-18)35-16(3)30)28-24(31)21(36-26(28)27-14)13-17-5-9-19(10-6-17)34-15(2)29/h5-13,23H,1-4H3. The van der Waals surface area contributed by atoms with Gasteiger partial charge in [-0.1, -0.05) is 35.6 Å². The number of methoxy groups -OCH3 is 1. The van der Waals surface area contributed by atoms with Gasteiger partial charge in [-0.05, 0) is 48.4 Å². The molecule has 0 fully saturated rings. The molecule has 0 saturated heterocycles. The third-order valence-electron chi connectivity index (χ3n) is 5.32. The number of carbonyl (C=O) groups is 3. The van der Waals surface area contributed by atoms with E-state index in [1.807, 2.05) is 0 Å². The molecule has 1 atom stereocenters. The fraction of sp³-hybridized carbons (Fsp3) is 0.192. The number of hydrogen-bond donors (Lipinski definition) is 0. The summed E-state index contributed by atoms with van der Waals surface area (Å²) >= 11 is 1.19. The van der Waals surface area contributed by atoms with Crippen LogP contribution in [-0.2, 0) is 19.1 Å². The number of nitrogens with zero attached hydrogens (tertiary/aromatic N) is 2. The monoisotopic (exact) mass is 506 g/mol. The molecule has 0 N–H and O–H groups in total. The Morgan fingerprint density at radius 1 is 0.944 bits per heavy atom. The number of carbonyl (C=O) groups excluding carboxylic acids is 3. The number of fused-ring (bicyclic) bond motifs is 1. The third-order valence-corrected chi connectivity index (χ3v) is 6.31. The van der Waals surface area contributed by atoms with Crippen LogP contribution in [0.3, 0.4) is 0 Å². The van der Waals surface area contributed by atoms with E-state index in [2.05, 4.69) is 4.99 Å². The summed E-state index contributed by atoms with van der Waals surface area (Å²) in [6.07, 6.45) is 1.71. The predicted octanol–water partition coefficient (Wildman–Crippen LogP) is 2.26. The normalized spacial score (nSPS) is 15.1. The molecular formula is C26H22N2O7S. The fourth-order valence-electron chi connectivity index (χ4n) is 3.84. The molecule has 10 heteroatoms. The van der Waals surface area contributed by atoms with Gasteiger partial charge in [-0.3, -0.25) is 19.0 Å². The van der Waals surface area contributed by atoms with Crippen LogP contribution in [0.1, 0.15) is 37.9 Å². The Balaban J connectivity index is 1.83. The minimum Gasteiger partial charge on any atom is -0.466 e. The summed E-state index contributed by atoms with van der Waals surface area (Å²) in [4.78, 5) is 53.7. The van der Waals surface area contributed by atoms with E-state index < -0.39 is 23.9 Å². The number of rotatable bonds is 5. The lowest BCUT2D eigenvalue weighted by molar-refractivity contribution is -0.136. The van der Waals surface area contributed by atoms with Crippen LogP contribution in [0.15, 0.2) is 69.6 Å². The number of benzene rings is 2. The molecule has 1 aliphatic heterocycles. The first kappa shape index (κ1) is 24.8. The number of allylic oxidation sites excluding steroid dienone is 1. The van der Waals surface area contributed by atoms with Gasteiger partial charge >= 0.3 is 17.9 Å². The molecule has 1 unspecified atom stereocenters. The van der Waals surface area contributed by atoms with Crippen molar-refractivity contribution in [3.63, 3.8) is 0 Å². The average molecular weight is 507 g/mol. The quantitative estimate of drug-likeness (QED) is 0.385. The zero-order valence-corrected chi connectivity index (χ0v) is 20.8. The van der Waals surface area contributed by atoms with Crippen molar-refractivity contribution in [3.8, 4) is 11.5 Å². The van der Waals surface area contributed by atoms with Crippen LogP contribution in [0.25, 0.3) is 6.08 Å². The Morgan fingerprint density at radius 3 is 2.03 bits per heavy atom. The summed E-state index contributed by atoms with van der Waals surface area (Å²) in [5, 5.41) is 0. The first-order valence-corrected chi connectivity index (χ1v) is 11.7. The van der Waals surface area contributed by atoms with E-state index in [-0.39, 0.29) is 11.1 Å². The first-order valence-electron chi connectivity index (χ1n) is 10.9. The Bertz CT molecular complexity index is 1560. The number of aromatic nitrogens is 1. The van der Waals surface area contributed by atoms with Crippen molar-refractivity contribution in [2.75, 3.05) is 7.11 Å². The van der Waals surface area contributed by atoms with E-state index in [9.17, 15) is 19.2 Å². The van der Waals surface area contributed by atoms with Gasteiger partial charge < -0.3 is 14.2 Å². The van der Waals surface area contributed by atoms with Gasteiger partial charge in [0, 0.05) is 13.8 Å². The van der Waals surface area contributed by atoms with E-state index in [0.29, 0.717) is 32.1 Å². The highest BCUT2D eigenvalue weighted by Gasteiger charge is 2.33. The van der Waals surface area contributed by atoms with Crippen molar-refractivity contribution in [1.82, 2.24) is 4.57 Å². The highest BCUT2D eigenvalue weighted by atomic mass is 32.1. The summed E-state index contributed by atoms with van der Waals surface area (Å²) in [5.74, 6) is -0.732. The topological polar surface area (TPSA) is 113 Å². The molecule has 2 heterocycles. The lowest BCUT2D eigenvalue weighted by Crippen LogP contribution is -2.39. The van der Waals surface area contributed by atoms with Gasteiger partial charge in [0.2, 0.25) is 0 Å². The van der Waals surface area contributed by atoms with Crippen molar-refractivity contribution in [1.29, 1.82) is 0 Å². The average Bonchev–Trinajstić information content (AvgIpc) is 3.13. The molecule has 0 saturated carbocycles. The van der Waals surface area contributed by atoms with Gasteiger partial charge in [0.05, 0.1) is 29.0 Å². The molecule has 184 valence electrons. The van der Waals surface area contributed by atoms with Gasteiger partial charge in [0.1, 0.15) is 11.5 Å². The molecule has 0 spiro atoms. The Kier molecular flexibility index (Phi) is 6.98. The molecule has 2 aromatic carbocycles. The minimum absolute atomic E-state index is 0.238. The predicted molar refractivity (Wildman–Crippen MR) is 131 cm³/mol. The molecule has 0 aliphatic carbocycles. The lowest BCUT2D eigenvalue weighted by atomic mass is 9.96. The second-order valence-electron chi connectivity index (χ2n) is 7.90.